The van der Waals surface area contributed by atoms with E-state index in [-0.39, 0.29) is 17.3 Å². The van der Waals surface area contributed by atoms with Crippen molar-refractivity contribution in [2.45, 2.75) is 19.5 Å². The minimum atomic E-state index is -4.37. The van der Waals surface area contributed by atoms with Crippen LogP contribution in [0.2, 0.25) is 0 Å². The van der Waals surface area contributed by atoms with Gasteiger partial charge in [0.05, 0.1) is 5.56 Å². The molecule has 0 saturated heterocycles. The first-order chi connectivity index (χ1) is 6.89. The molecule has 0 bridgehead atoms. The summed E-state index contributed by atoms with van der Waals surface area (Å²) in [6, 6.07) is 3.39. The van der Waals surface area contributed by atoms with E-state index in [9.17, 15) is 18.0 Å². The summed E-state index contributed by atoms with van der Waals surface area (Å²) in [5.74, 6) is -0.375. The summed E-state index contributed by atoms with van der Waals surface area (Å²) in [5, 5.41) is 0. The van der Waals surface area contributed by atoms with Crippen molar-refractivity contribution in [1.29, 1.82) is 0 Å². The van der Waals surface area contributed by atoms with Crippen LogP contribution < -0.4 is 0 Å². The highest BCUT2D eigenvalue weighted by Gasteiger charge is 2.34. The van der Waals surface area contributed by atoms with E-state index in [2.05, 4.69) is 0 Å². The van der Waals surface area contributed by atoms with Crippen LogP contribution in [0.1, 0.15) is 28.4 Å². The molecule has 0 aliphatic heterocycles. The van der Waals surface area contributed by atoms with Crippen LogP contribution in [0, 0.1) is 5.92 Å². The Hall–Kier alpha value is -1.32. The van der Waals surface area contributed by atoms with Gasteiger partial charge in [0.2, 0.25) is 0 Å². The van der Waals surface area contributed by atoms with E-state index < -0.39 is 11.7 Å². The minimum Gasteiger partial charge on any atom is -0.294 e. The Kier molecular flexibility index (Phi) is 2.10. The number of hydrogen-bond donors (Lipinski definition) is 0. The van der Waals surface area contributed by atoms with Gasteiger partial charge < -0.3 is 0 Å². The number of hydrogen-bond acceptors (Lipinski definition) is 1. The second-order valence-electron chi connectivity index (χ2n) is 3.84. The topological polar surface area (TPSA) is 17.1 Å². The predicted octanol–water partition coefficient (Wildman–Crippen LogP) is 3.08. The third-order valence-corrected chi connectivity index (χ3v) is 2.68. The number of carbonyl (C=O) groups excluding carboxylic acids is 1. The van der Waals surface area contributed by atoms with Gasteiger partial charge in [-0.15, -0.1) is 0 Å². The predicted molar refractivity (Wildman–Crippen MR) is 48.6 cm³/mol. The smallest absolute Gasteiger partial charge is 0.294 e. The molecule has 0 amide bonds. The first kappa shape index (κ1) is 10.2. The molecular formula is C11H9F3O. The zero-order chi connectivity index (χ0) is 11.2. The lowest BCUT2D eigenvalue weighted by atomic mass is 10.1. The monoisotopic (exact) mass is 214 g/mol. The van der Waals surface area contributed by atoms with E-state index in [1.807, 2.05) is 0 Å². The van der Waals surface area contributed by atoms with Gasteiger partial charge in [-0.2, -0.15) is 13.2 Å². The SMILES string of the molecule is C[C@H]1Cc2ccc(C(F)(F)F)cc2C1=O. The van der Waals surface area contributed by atoms with Crippen molar-refractivity contribution in [3.05, 3.63) is 34.9 Å². The van der Waals surface area contributed by atoms with Crippen molar-refractivity contribution in [3.8, 4) is 0 Å². The fraction of sp³-hybridized carbons (Fsp3) is 0.364. The summed E-state index contributed by atoms with van der Waals surface area (Å²) in [6.07, 6.45) is -3.83. The Bertz CT molecular complexity index is 420. The minimum absolute atomic E-state index is 0.184. The fourth-order valence-corrected chi connectivity index (χ4v) is 1.85. The molecule has 15 heavy (non-hydrogen) atoms. The highest BCUT2D eigenvalue weighted by Crippen LogP contribution is 2.34. The second kappa shape index (κ2) is 3.08. The Balaban J connectivity index is 2.49. The Morgan fingerprint density at radius 3 is 2.60 bits per heavy atom. The van der Waals surface area contributed by atoms with Crippen molar-refractivity contribution >= 4 is 5.78 Å². The molecule has 1 atom stereocenters. The van der Waals surface area contributed by atoms with Gasteiger partial charge in [-0.25, -0.2) is 0 Å². The van der Waals surface area contributed by atoms with Crippen LogP contribution in [0.5, 0.6) is 0 Å². The number of Topliss-reactive ketones (excluding diaryl/α,β-unsaturated/α-hetero) is 1. The van der Waals surface area contributed by atoms with Gasteiger partial charge in [0.1, 0.15) is 0 Å². The van der Waals surface area contributed by atoms with Crippen LogP contribution >= 0.6 is 0 Å². The van der Waals surface area contributed by atoms with Gasteiger partial charge in [0.15, 0.2) is 5.78 Å². The average molecular weight is 214 g/mol. The number of fused-ring (bicyclic) bond motifs is 1. The fourth-order valence-electron chi connectivity index (χ4n) is 1.85. The number of ketones is 1. The molecule has 0 radical (unpaired) electrons. The molecule has 0 N–H and O–H groups in total. The maximum Gasteiger partial charge on any atom is 0.416 e. The van der Waals surface area contributed by atoms with Gasteiger partial charge in [-0.05, 0) is 24.1 Å². The normalized spacial score (nSPS) is 20.5. The lowest BCUT2D eigenvalue weighted by Gasteiger charge is -2.07. The molecule has 0 aromatic heterocycles. The number of carbonyl (C=O) groups is 1. The molecule has 0 unspecified atom stereocenters. The van der Waals surface area contributed by atoms with Gasteiger partial charge in [-0.1, -0.05) is 13.0 Å². The van der Waals surface area contributed by atoms with Gasteiger partial charge >= 0.3 is 6.18 Å². The van der Waals surface area contributed by atoms with E-state index in [1.165, 1.54) is 6.07 Å². The Morgan fingerprint density at radius 1 is 1.33 bits per heavy atom. The summed E-state index contributed by atoms with van der Waals surface area (Å²) in [7, 11) is 0. The summed E-state index contributed by atoms with van der Waals surface area (Å²) < 4.78 is 37.1. The van der Waals surface area contributed by atoms with Crippen LogP contribution in [0.25, 0.3) is 0 Å². The first-order valence-electron chi connectivity index (χ1n) is 4.64. The van der Waals surface area contributed by atoms with Crippen molar-refractivity contribution in [3.63, 3.8) is 0 Å². The van der Waals surface area contributed by atoms with Crippen LogP contribution in [0.3, 0.4) is 0 Å². The maximum absolute atomic E-state index is 12.4. The van der Waals surface area contributed by atoms with Gasteiger partial charge in [0.25, 0.3) is 0 Å². The number of alkyl halides is 3. The molecule has 80 valence electrons. The molecule has 1 aliphatic carbocycles. The van der Waals surface area contributed by atoms with Gasteiger partial charge in [0, 0.05) is 11.5 Å². The Morgan fingerprint density at radius 2 is 2.00 bits per heavy atom. The number of benzene rings is 1. The lowest BCUT2D eigenvalue weighted by molar-refractivity contribution is -0.137. The van der Waals surface area contributed by atoms with Crippen LogP contribution in [0.4, 0.5) is 13.2 Å². The number of halogens is 3. The zero-order valence-corrected chi connectivity index (χ0v) is 8.06. The van der Waals surface area contributed by atoms with Crippen molar-refractivity contribution < 1.29 is 18.0 Å². The third kappa shape index (κ3) is 1.64. The van der Waals surface area contributed by atoms with E-state index >= 15 is 0 Å². The van der Waals surface area contributed by atoms with Crippen LogP contribution in [-0.4, -0.2) is 5.78 Å². The molecule has 4 heteroatoms. The molecule has 0 saturated carbocycles. The largest absolute Gasteiger partial charge is 0.416 e. The average Bonchev–Trinajstić information content (AvgIpc) is 2.41. The van der Waals surface area contributed by atoms with E-state index in [1.54, 1.807) is 6.92 Å². The lowest BCUT2D eigenvalue weighted by Crippen LogP contribution is -2.07. The van der Waals surface area contributed by atoms with Crippen LogP contribution in [-0.2, 0) is 12.6 Å². The zero-order valence-electron chi connectivity index (χ0n) is 8.06. The Labute approximate surface area is 84.9 Å². The first-order valence-corrected chi connectivity index (χ1v) is 4.64. The number of rotatable bonds is 0. The third-order valence-electron chi connectivity index (χ3n) is 2.68. The molecule has 0 fully saturated rings. The molecule has 2 rings (SSSR count). The van der Waals surface area contributed by atoms with Crippen molar-refractivity contribution in [1.82, 2.24) is 0 Å². The van der Waals surface area contributed by atoms with E-state index in [0.717, 1.165) is 17.7 Å². The summed E-state index contributed by atoms with van der Waals surface area (Å²) >= 11 is 0. The summed E-state index contributed by atoms with van der Waals surface area (Å²) in [5.41, 5.74) is 0.210. The second-order valence-corrected chi connectivity index (χ2v) is 3.84. The van der Waals surface area contributed by atoms with Crippen molar-refractivity contribution in [2.75, 3.05) is 0 Å². The molecule has 1 aliphatic rings. The van der Waals surface area contributed by atoms with Crippen molar-refractivity contribution in [2.24, 2.45) is 5.92 Å². The standard InChI is InChI=1S/C11H9F3O/c1-6-4-7-2-3-8(11(12,13)14)5-9(7)10(6)15/h2-3,5-6H,4H2,1H3/t6-/m0/s1. The maximum atomic E-state index is 12.4. The summed E-state index contributed by atoms with van der Waals surface area (Å²) in [4.78, 5) is 11.5. The van der Waals surface area contributed by atoms with E-state index in [4.69, 9.17) is 0 Å². The van der Waals surface area contributed by atoms with E-state index in [0.29, 0.717) is 6.42 Å². The molecule has 0 spiro atoms. The molecular weight excluding hydrogens is 205 g/mol. The quantitative estimate of drug-likeness (QED) is 0.648. The van der Waals surface area contributed by atoms with Gasteiger partial charge in [-0.3, -0.25) is 4.79 Å². The highest BCUT2D eigenvalue weighted by molar-refractivity contribution is 6.02. The molecule has 0 heterocycles. The molecule has 1 nitrogen and oxygen atoms in total. The molecule has 1 aromatic carbocycles. The van der Waals surface area contributed by atoms with Crippen LogP contribution in [0.15, 0.2) is 18.2 Å². The highest BCUT2D eigenvalue weighted by atomic mass is 19.4. The summed E-state index contributed by atoms with van der Waals surface area (Å²) in [6.45, 7) is 1.73. The molecule has 1 aromatic rings.